The summed E-state index contributed by atoms with van der Waals surface area (Å²) in [6.45, 7) is 4.22. The van der Waals surface area contributed by atoms with E-state index in [1.807, 2.05) is 42.5 Å². The Labute approximate surface area is 174 Å². The molecule has 0 N–H and O–H groups in total. The number of aryl methyl sites for hydroxylation is 1. The maximum atomic E-state index is 9.06. The van der Waals surface area contributed by atoms with Crippen LogP contribution in [-0.2, 0) is 11.3 Å². The average molecular weight is 410 g/mol. The molecule has 0 spiro atoms. The van der Waals surface area contributed by atoms with Gasteiger partial charge in [-0.3, -0.25) is 0 Å². The van der Waals surface area contributed by atoms with E-state index < -0.39 is 0 Å². The number of nitriles is 1. The Bertz CT molecular complexity index is 917. The molecular formula is C22H23N3OS2. The van der Waals surface area contributed by atoms with Gasteiger partial charge in [0.1, 0.15) is 5.03 Å². The first-order valence-electron chi connectivity index (χ1n) is 9.12. The fourth-order valence-corrected chi connectivity index (χ4v) is 4.56. The lowest BCUT2D eigenvalue weighted by Crippen LogP contribution is -2.19. The van der Waals surface area contributed by atoms with Gasteiger partial charge >= 0.3 is 0 Å². The molecule has 0 saturated carbocycles. The normalized spacial score (nSPS) is 10.6. The zero-order chi connectivity index (χ0) is 19.8. The molecule has 0 fully saturated rings. The SMILES string of the molecule is CSc1nc(N(CCCOCc2ccccc2)c2ccc(C#N)cc2)sc1C. The van der Waals surface area contributed by atoms with E-state index >= 15 is 0 Å². The molecule has 0 aliphatic carbocycles. The number of benzene rings is 2. The molecule has 28 heavy (non-hydrogen) atoms. The van der Waals surface area contributed by atoms with Crippen LogP contribution in [0.15, 0.2) is 59.6 Å². The minimum Gasteiger partial charge on any atom is -0.377 e. The van der Waals surface area contributed by atoms with Crippen molar-refractivity contribution < 1.29 is 4.74 Å². The van der Waals surface area contributed by atoms with Crippen LogP contribution in [0.2, 0.25) is 0 Å². The largest absolute Gasteiger partial charge is 0.377 e. The van der Waals surface area contributed by atoms with Crippen molar-refractivity contribution in [2.75, 3.05) is 24.3 Å². The van der Waals surface area contributed by atoms with Crippen molar-refractivity contribution in [3.8, 4) is 6.07 Å². The molecule has 0 bridgehead atoms. The zero-order valence-electron chi connectivity index (χ0n) is 16.1. The Morgan fingerprint density at radius 2 is 1.89 bits per heavy atom. The summed E-state index contributed by atoms with van der Waals surface area (Å²) in [5.41, 5.74) is 2.89. The molecule has 2 aromatic carbocycles. The summed E-state index contributed by atoms with van der Waals surface area (Å²) in [6, 6.07) is 20.1. The number of thioether (sulfide) groups is 1. The van der Waals surface area contributed by atoms with E-state index in [1.54, 1.807) is 23.1 Å². The first-order chi connectivity index (χ1) is 13.7. The van der Waals surface area contributed by atoms with Gasteiger partial charge in [0.15, 0.2) is 5.13 Å². The number of anilines is 2. The van der Waals surface area contributed by atoms with Crippen LogP contribution in [0.5, 0.6) is 0 Å². The van der Waals surface area contributed by atoms with E-state index in [0.29, 0.717) is 18.8 Å². The summed E-state index contributed by atoms with van der Waals surface area (Å²) in [6.07, 6.45) is 2.94. The minimum absolute atomic E-state index is 0.630. The molecule has 0 unspecified atom stereocenters. The van der Waals surface area contributed by atoms with E-state index in [9.17, 15) is 0 Å². The summed E-state index contributed by atoms with van der Waals surface area (Å²) < 4.78 is 5.84. The van der Waals surface area contributed by atoms with Crippen LogP contribution >= 0.6 is 23.1 Å². The summed E-state index contributed by atoms with van der Waals surface area (Å²) in [5, 5.41) is 11.1. The third kappa shape index (κ3) is 5.35. The lowest BCUT2D eigenvalue weighted by molar-refractivity contribution is 0.120. The highest BCUT2D eigenvalue weighted by Gasteiger charge is 2.16. The van der Waals surface area contributed by atoms with Gasteiger partial charge in [0.2, 0.25) is 0 Å². The fourth-order valence-electron chi connectivity index (χ4n) is 2.81. The lowest BCUT2D eigenvalue weighted by Gasteiger charge is -2.22. The number of rotatable bonds is 9. The molecule has 1 aromatic heterocycles. The van der Waals surface area contributed by atoms with E-state index in [4.69, 9.17) is 15.0 Å². The number of thiazole rings is 1. The summed E-state index contributed by atoms with van der Waals surface area (Å²) in [4.78, 5) is 8.23. The predicted octanol–water partition coefficient (Wildman–Crippen LogP) is 5.79. The number of aromatic nitrogens is 1. The summed E-state index contributed by atoms with van der Waals surface area (Å²) in [5.74, 6) is 0. The average Bonchev–Trinajstić information content (AvgIpc) is 3.12. The predicted molar refractivity (Wildman–Crippen MR) is 118 cm³/mol. The minimum atomic E-state index is 0.630. The topological polar surface area (TPSA) is 49.2 Å². The van der Waals surface area contributed by atoms with Crippen molar-refractivity contribution in [1.82, 2.24) is 4.98 Å². The Balaban J connectivity index is 1.66. The Morgan fingerprint density at radius 3 is 2.54 bits per heavy atom. The smallest absolute Gasteiger partial charge is 0.191 e. The van der Waals surface area contributed by atoms with Gasteiger partial charge in [0.05, 0.1) is 18.2 Å². The monoisotopic (exact) mass is 409 g/mol. The molecule has 4 nitrogen and oxygen atoms in total. The van der Waals surface area contributed by atoms with Gasteiger partial charge in [-0.15, -0.1) is 23.1 Å². The van der Waals surface area contributed by atoms with Crippen LogP contribution in [0, 0.1) is 18.3 Å². The maximum absolute atomic E-state index is 9.06. The Kier molecular flexibility index (Phi) is 7.49. The zero-order valence-corrected chi connectivity index (χ0v) is 17.7. The third-order valence-corrected chi connectivity index (χ3v) is 6.16. The molecule has 6 heteroatoms. The van der Waals surface area contributed by atoms with Crippen molar-refractivity contribution in [2.24, 2.45) is 0 Å². The lowest BCUT2D eigenvalue weighted by atomic mass is 10.2. The number of hydrogen-bond acceptors (Lipinski definition) is 6. The second-order valence-electron chi connectivity index (χ2n) is 6.26. The highest BCUT2D eigenvalue weighted by atomic mass is 32.2. The van der Waals surface area contributed by atoms with Crippen LogP contribution in [-0.4, -0.2) is 24.4 Å². The van der Waals surface area contributed by atoms with Gasteiger partial charge in [-0.25, -0.2) is 4.98 Å². The molecule has 3 rings (SSSR count). The molecule has 0 saturated heterocycles. The fraction of sp³-hybridized carbons (Fsp3) is 0.273. The Hall–Kier alpha value is -2.33. The van der Waals surface area contributed by atoms with Crippen LogP contribution < -0.4 is 4.90 Å². The van der Waals surface area contributed by atoms with Crippen LogP contribution in [0.1, 0.15) is 22.4 Å². The quantitative estimate of drug-likeness (QED) is 0.331. The number of nitrogens with zero attached hydrogens (tertiary/aromatic N) is 3. The van der Waals surface area contributed by atoms with Gasteiger partial charge in [-0.2, -0.15) is 5.26 Å². The van der Waals surface area contributed by atoms with Crippen LogP contribution in [0.3, 0.4) is 0 Å². The molecule has 0 atom stereocenters. The first kappa shape index (κ1) is 20.4. The van der Waals surface area contributed by atoms with Crippen molar-refractivity contribution >= 4 is 33.9 Å². The third-order valence-electron chi connectivity index (χ3n) is 4.26. The molecule has 0 amide bonds. The van der Waals surface area contributed by atoms with E-state index in [2.05, 4.69) is 36.3 Å². The van der Waals surface area contributed by atoms with Crippen LogP contribution in [0.25, 0.3) is 0 Å². The van der Waals surface area contributed by atoms with E-state index in [1.165, 1.54) is 10.4 Å². The molecule has 3 aromatic rings. The van der Waals surface area contributed by atoms with E-state index in [-0.39, 0.29) is 0 Å². The standard InChI is InChI=1S/C22H23N3OS2/c1-17-21(27-2)24-22(28-17)25(20-11-9-18(15-23)10-12-20)13-6-14-26-16-19-7-4-3-5-8-19/h3-5,7-12H,6,13-14,16H2,1-2H3. The van der Waals surface area contributed by atoms with Gasteiger partial charge < -0.3 is 9.64 Å². The molecule has 0 radical (unpaired) electrons. The molecule has 0 aliphatic rings. The number of hydrogen-bond donors (Lipinski definition) is 0. The van der Waals surface area contributed by atoms with E-state index in [0.717, 1.165) is 28.8 Å². The highest BCUT2D eigenvalue weighted by Crippen LogP contribution is 2.34. The second kappa shape index (κ2) is 10.3. The number of ether oxygens (including phenoxy) is 1. The van der Waals surface area contributed by atoms with Crippen molar-refractivity contribution in [3.05, 3.63) is 70.6 Å². The maximum Gasteiger partial charge on any atom is 0.191 e. The van der Waals surface area contributed by atoms with Gasteiger partial charge in [-0.05, 0) is 49.4 Å². The first-order valence-corrected chi connectivity index (χ1v) is 11.2. The van der Waals surface area contributed by atoms with Gasteiger partial charge in [0.25, 0.3) is 0 Å². The van der Waals surface area contributed by atoms with Gasteiger partial charge in [-0.1, -0.05) is 30.3 Å². The molecular weight excluding hydrogens is 386 g/mol. The Morgan fingerprint density at radius 1 is 1.14 bits per heavy atom. The van der Waals surface area contributed by atoms with Crippen LogP contribution in [0.4, 0.5) is 10.8 Å². The summed E-state index contributed by atoms with van der Waals surface area (Å²) >= 11 is 3.37. The second-order valence-corrected chi connectivity index (χ2v) is 8.24. The van der Waals surface area contributed by atoms with Crippen molar-refractivity contribution in [1.29, 1.82) is 5.26 Å². The summed E-state index contributed by atoms with van der Waals surface area (Å²) in [7, 11) is 0. The van der Waals surface area contributed by atoms with Crippen molar-refractivity contribution in [3.63, 3.8) is 0 Å². The molecule has 0 aliphatic heterocycles. The molecule has 1 heterocycles. The van der Waals surface area contributed by atoms with Gasteiger partial charge in [0, 0.05) is 23.7 Å². The molecule has 144 valence electrons. The highest BCUT2D eigenvalue weighted by molar-refractivity contribution is 7.98. The van der Waals surface area contributed by atoms with Crippen molar-refractivity contribution in [2.45, 2.75) is 25.0 Å².